The maximum atomic E-state index is 12.9. The molecule has 74 heavy (non-hydrogen) atoms. The molecule has 0 spiro atoms. The standard InChI is InChI=1S/C62H115O11P/c1-4-7-10-13-16-19-22-24-26-28-29-31-33-35-38-41-44-47-50-53-62(66)73-59(55-69-60(64)51-48-45-42-39-36-21-18-15-12-9-6-3)57-71-74(67,68)70-56-58(54-63)72-61(65)52-49-46-43-40-37-34-32-30-27-25-23-20-17-14-11-8-5-2/h15,17-18,20,25,27,58-59,63H,4-14,16,19,21-24,26,28-57H2,1-3H3,(H,67,68)/b18-15-,20-17-,27-25-. The van der Waals surface area contributed by atoms with E-state index in [0.717, 1.165) is 96.3 Å². The fourth-order valence-corrected chi connectivity index (χ4v) is 9.57. The van der Waals surface area contributed by atoms with Gasteiger partial charge in [0.1, 0.15) is 12.7 Å². The van der Waals surface area contributed by atoms with Crippen LogP contribution in [0.25, 0.3) is 0 Å². The van der Waals surface area contributed by atoms with Crippen molar-refractivity contribution in [3.63, 3.8) is 0 Å². The van der Waals surface area contributed by atoms with E-state index < -0.39 is 57.8 Å². The molecule has 11 nitrogen and oxygen atoms in total. The van der Waals surface area contributed by atoms with Gasteiger partial charge >= 0.3 is 25.7 Å². The molecule has 0 heterocycles. The molecule has 12 heteroatoms. The normalized spacial score (nSPS) is 13.5. The zero-order valence-corrected chi connectivity index (χ0v) is 49.0. The fraction of sp³-hybridized carbons (Fsp3) is 0.855. The maximum Gasteiger partial charge on any atom is 0.472 e. The summed E-state index contributed by atoms with van der Waals surface area (Å²) in [4.78, 5) is 48.6. The van der Waals surface area contributed by atoms with Crippen molar-refractivity contribution < 1.29 is 52.2 Å². The Balaban J connectivity index is 4.61. The number of hydrogen-bond donors (Lipinski definition) is 2. The topological polar surface area (TPSA) is 155 Å². The molecule has 3 unspecified atom stereocenters. The van der Waals surface area contributed by atoms with Gasteiger partial charge in [0.15, 0.2) is 6.10 Å². The van der Waals surface area contributed by atoms with Crippen molar-refractivity contribution in [1.29, 1.82) is 0 Å². The van der Waals surface area contributed by atoms with Crippen molar-refractivity contribution in [2.24, 2.45) is 0 Å². The average Bonchev–Trinajstić information content (AvgIpc) is 3.39. The molecular formula is C62H115O11P. The van der Waals surface area contributed by atoms with Gasteiger partial charge in [0.2, 0.25) is 0 Å². The second-order valence-electron chi connectivity index (χ2n) is 20.9. The Labute approximate surface area is 454 Å². The van der Waals surface area contributed by atoms with E-state index in [9.17, 15) is 28.9 Å². The number of rotatable bonds is 58. The van der Waals surface area contributed by atoms with Crippen LogP contribution in [0.15, 0.2) is 36.5 Å². The first-order valence-electron chi connectivity index (χ1n) is 30.9. The molecule has 0 amide bonds. The molecular weight excluding hydrogens is 952 g/mol. The Morgan fingerprint density at radius 3 is 1.08 bits per heavy atom. The summed E-state index contributed by atoms with van der Waals surface area (Å²) in [6, 6.07) is 0. The van der Waals surface area contributed by atoms with E-state index in [4.69, 9.17) is 23.3 Å². The van der Waals surface area contributed by atoms with Gasteiger partial charge in [-0.25, -0.2) is 4.57 Å². The van der Waals surface area contributed by atoms with E-state index in [2.05, 4.69) is 57.2 Å². The van der Waals surface area contributed by atoms with E-state index in [1.807, 2.05) is 0 Å². The first-order chi connectivity index (χ1) is 36.2. The highest BCUT2D eigenvalue weighted by Gasteiger charge is 2.28. The number of carbonyl (C=O) groups excluding carboxylic acids is 3. The minimum atomic E-state index is -4.75. The molecule has 0 saturated carbocycles. The van der Waals surface area contributed by atoms with Crippen molar-refractivity contribution >= 4 is 25.7 Å². The van der Waals surface area contributed by atoms with Crippen LogP contribution in [0.5, 0.6) is 0 Å². The van der Waals surface area contributed by atoms with Crippen molar-refractivity contribution in [1.82, 2.24) is 0 Å². The van der Waals surface area contributed by atoms with Gasteiger partial charge in [-0.15, -0.1) is 0 Å². The van der Waals surface area contributed by atoms with E-state index in [-0.39, 0.29) is 25.9 Å². The molecule has 0 radical (unpaired) electrons. The fourth-order valence-electron chi connectivity index (χ4n) is 8.78. The highest BCUT2D eigenvalue weighted by atomic mass is 31.2. The lowest BCUT2D eigenvalue weighted by atomic mass is 10.0. The monoisotopic (exact) mass is 1070 g/mol. The second kappa shape index (κ2) is 56.9. The van der Waals surface area contributed by atoms with Crippen LogP contribution in [-0.4, -0.2) is 66.5 Å². The van der Waals surface area contributed by atoms with Crippen molar-refractivity contribution in [3.8, 4) is 0 Å². The Kier molecular flexibility index (Phi) is 55.1. The average molecular weight is 1070 g/mol. The first kappa shape index (κ1) is 71.7. The summed E-state index contributed by atoms with van der Waals surface area (Å²) in [5.41, 5.74) is 0. The minimum Gasteiger partial charge on any atom is -0.462 e. The van der Waals surface area contributed by atoms with Gasteiger partial charge in [-0.2, -0.15) is 0 Å². The van der Waals surface area contributed by atoms with E-state index in [1.165, 1.54) is 148 Å². The third kappa shape index (κ3) is 54.5. The van der Waals surface area contributed by atoms with E-state index >= 15 is 0 Å². The smallest absolute Gasteiger partial charge is 0.462 e. The summed E-state index contributed by atoms with van der Waals surface area (Å²) in [6.45, 7) is 4.62. The van der Waals surface area contributed by atoms with Crippen LogP contribution in [0.4, 0.5) is 0 Å². The predicted molar refractivity (Wildman–Crippen MR) is 307 cm³/mol. The van der Waals surface area contributed by atoms with Crippen LogP contribution in [-0.2, 0) is 42.2 Å². The van der Waals surface area contributed by atoms with Crippen LogP contribution in [0.1, 0.15) is 303 Å². The molecule has 3 atom stereocenters. The Bertz CT molecular complexity index is 1380. The summed E-state index contributed by atoms with van der Waals surface area (Å²) in [6.07, 6.45) is 59.6. The Morgan fingerprint density at radius 1 is 0.378 bits per heavy atom. The number of ether oxygens (including phenoxy) is 3. The highest BCUT2D eigenvalue weighted by molar-refractivity contribution is 7.47. The van der Waals surface area contributed by atoms with Gasteiger partial charge in [0, 0.05) is 19.3 Å². The first-order valence-corrected chi connectivity index (χ1v) is 32.4. The number of phosphoric acid groups is 1. The van der Waals surface area contributed by atoms with Crippen LogP contribution < -0.4 is 0 Å². The van der Waals surface area contributed by atoms with Gasteiger partial charge in [-0.1, -0.05) is 250 Å². The number of esters is 3. The molecule has 0 bridgehead atoms. The molecule has 0 fully saturated rings. The Morgan fingerprint density at radius 2 is 0.676 bits per heavy atom. The lowest BCUT2D eigenvalue weighted by molar-refractivity contribution is -0.161. The molecule has 0 aliphatic heterocycles. The SMILES string of the molecule is CCCC/C=C\CCCCCCCC(=O)OCC(COP(=O)(O)OCC(CO)OC(=O)CCCCCCCCC/C=C\C/C=C\CCCCC)OC(=O)CCCCCCCCCCCCCCCCCCCCC. The largest absolute Gasteiger partial charge is 0.472 e. The zero-order chi connectivity index (χ0) is 54.1. The summed E-state index contributed by atoms with van der Waals surface area (Å²) in [5.74, 6) is -1.46. The number of aliphatic hydroxyl groups excluding tert-OH is 1. The van der Waals surface area contributed by atoms with E-state index in [1.54, 1.807) is 0 Å². The molecule has 0 aromatic carbocycles. The van der Waals surface area contributed by atoms with Crippen molar-refractivity contribution in [3.05, 3.63) is 36.5 Å². The quantitative estimate of drug-likeness (QED) is 0.0197. The third-order valence-corrected chi connectivity index (χ3v) is 14.5. The van der Waals surface area contributed by atoms with Crippen LogP contribution in [0, 0.1) is 0 Å². The molecule has 0 rings (SSSR count). The lowest BCUT2D eigenvalue weighted by Gasteiger charge is -2.21. The van der Waals surface area contributed by atoms with Crippen LogP contribution in [0.3, 0.4) is 0 Å². The third-order valence-electron chi connectivity index (χ3n) is 13.5. The molecule has 0 aromatic heterocycles. The second-order valence-corrected chi connectivity index (χ2v) is 22.3. The number of allylic oxidation sites excluding steroid dienone is 6. The number of unbranched alkanes of at least 4 members (excludes halogenated alkanes) is 35. The highest BCUT2D eigenvalue weighted by Crippen LogP contribution is 2.43. The zero-order valence-electron chi connectivity index (χ0n) is 48.1. The summed E-state index contributed by atoms with van der Waals surface area (Å²) in [5, 5.41) is 9.83. The summed E-state index contributed by atoms with van der Waals surface area (Å²) >= 11 is 0. The molecule has 0 aromatic rings. The number of carbonyl (C=O) groups is 3. The van der Waals surface area contributed by atoms with Gasteiger partial charge in [-0.05, 0) is 70.6 Å². The van der Waals surface area contributed by atoms with Crippen molar-refractivity contribution in [2.45, 2.75) is 315 Å². The number of hydrogen-bond acceptors (Lipinski definition) is 10. The van der Waals surface area contributed by atoms with Gasteiger partial charge < -0.3 is 24.2 Å². The Hall–Kier alpha value is -2.30. The van der Waals surface area contributed by atoms with Crippen molar-refractivity contribution in [2.75, 3.05) is 26.4 Å². The molecule has 434 valence electrons. The molecule has 2 N–H and O–H groups in total. The molecule has 0 saturated heterocycles. The van der Waals surface area contributed by atoms with Gasteiger partial charge in [-0.3, -0.25) is 23.4 Å². The summed E-state index contributed by atoms with van der Waals surface area (Å²) < 4.78 is 39.6. The number of aliphatic hydroxyl groups is 1. The van der Waals surface area contributed by atoms with E-state index in [0.29, 0.717) is 19.3 Å². The molecule has 0 aliphatic carbocycles. The minimum absolute atomic E-state index is 0.171. The van der Waals surface area contributed by atoms with Gasteiger partial charge in [0.25, 0.3) is 0 Å². The van der Waals surface area contributed by atoms with Crippen LogP contribution >= 0.6 is 7.82 Å². The summed E-state index contributed by atoms with van der Waals surface area (Å²) in [7, 11) is -4.75. The van der Waals surface area contributed by atoms with Gasteiger partial charge in [0.05, 0.1) is 19.8 Å². The lowest BCUT2D eigenvalue weighted by Crippen LogP contribution is -2.30. The van der Waals surface area contributed by atoms with Crippen LogP contribution in [0.2, 0.25) is 0 Å². The maximum absolute atomic E-state index is 12.9. The predicted octanol–water partition coefficient (Wildman–Crippen LogP) is 18.4. The molecule has 0 aliphatic rings. The number of phosphoric ester groups is 1.